The second kappa shape index (κ2) is 7.44. The summed E-state index contributed by atoms with van der Waals surface area (Å²) in [6, 6.07) is 7.85. The maximum atomic E-state index is 12.8. The standard InChI is InChI=1S/C20H22N4O3/c1-3-13-6-7-16-14(10-13)15(9-12(2)22-16)19(25)21-11-18-23-20(27-24-18)17-5-4-8-26-17/h6-7,9-10,17H,3-5,8,11H2,1-2H3,(H,21,25)/t17-/m0/s1. The SMILES string of the molecule is CCc1ccc2nc(C)cc(C(=O)NCc3noc([C@@H]4CCCO4)n3)c2c1. The summed E-state index contributed by atoms with van der Waals surface area (Å²) < 4.78 is 10.8. The fourth-order valence-corrected chi connectivity index (χ4v) is 3.31. The van der Waals surface area contributed by atoms with Crippen molar-refractivity contribution < 1.29 is 14.1 Å². The molecule has 7 nitrogen and oxygen atoms in total. The highest BCUT2D eigenvalue weighted by Crippen LogP contribution is 2.27. The molecule has 0 saturated carbocycles. The second-order valence-corrected chi connectivity index (χ2v) is 6.75. The monoisotopic (exact) mass is 366 g/mol. The third-order valence-corrected chi connectivity index (χ3v) is 4.75. The summed E-state index contributed by atoms with van der Waals surface area (Å²) in [5.41, 5.74) is 3.40. The van der Waals surface area contributed by atoms with Crippen molar-refractivity contribution in [1.29, 1.82) is 0 Å². The summed E-state index contributed by atoms with van der Waals surface area (Å²) in [7, 11) is 0. The number of pyridine rings is 1. The van der Waals surface area contributed by atoms with E-state index >= 15 is 0 Å². The number of benzene rings is 1. The molecule has 1 aromatic carbocycles. The van der Waals surface area contributed by atoms with Gasteiger partial charge in [-0.3, -0.25) is 9.78 Å². The lowest BCUT2D eigenvalue weighted by Gasteiger charge is -2.09. The molecule has 0 aliphatic carbocycles. The molecule has 0 spiro atoms. The van der Waals surface area contributed by atoms with E-state index in [-0.39, 0.29) is 18.6 Å². The van der Waals surface area contributed by atoms with E-state index in [0.717, 1.165) is 35.9 Å². The number of nitrogens with zero attached hydrogens (tertiary/aromatic N) is 3. The van der Waals surface area contributed by atoms with Crippen LogP contribution in [0.25, 0.3) is 10.9 Å². The van der Waals surface area contributed by atoms with E-state index in [0.29, 0.717) is 23.9 Å². The minimum Gasteiger partial charge on any atom is -0.368 e. The summed E-state index contributed by atoms with van der Waals surface area (Å²) in [5, 5.41) is 7.68. The van der Waals surface area contributed by atoms with E-state index < -0.39 is 0 Å². The fraction of sp³-hybridized carbons (Fsp3) is 0.400. The van der Waals surface area contributed by atoms with Crippen LogP contribution in [0.15, 0.2) is 28.8 Å². The molecule has 4 rings (SSSR count). The van der Waals surface area contributed by atoms with Gasteiger partial charge in [0.2, 0.25) is 0 Å². The van der Waals surface area contributed by atoms with Gasteiger partial charge in [-0.15, -0.1) is 0 Å². The van der Waals surface area contributed by atoms with Crippen LogP contribution in [0.1, 0.15) is 59.2 Å². The van der Waals surface area contributed by atoms with Crippen molar-refractivity contribution in [1.82, 2.24) is 20.4 Å². The number of amides is 1. The van der Waals surface area contributed by atoms with Gasteiger partial charge in [0.15, 0.2) is 5.82 Å². The Labute approximate surface area is 157 Å². The molecule has 140 valence electrons. The predicted octanol–water partition coefficient (Wildman–Crippen LogP) is 3.27. The van der Waals surface area contributed by atoms with Crippen LogP contribution in [0.2, 0.25) is 0 Å². The summed E-state index contributed by atoms with van der Waals surface area (Å²) in [5.74, 6) is 0.745. The van der Waals surface area contributed by atoms with Crippen molar-refractivity contribution >= 4 is 16.8 Å². The molecular weight excluding hydrogens is 344 g/mol. The minimum absolute atomic E-state index is 0.124. The van der Waals surface area contributed by atoms with Crippen LogP contribution >= 0.6 is 0 Å². The molecule has 0 unspecified atom stereocenters. The van der Waals surface area contributed by atoms with Gasteiger partial charge in [0.05, 0.1) is 17.6 Å². The second-order valence-electron chi connectivity index (χ2n) is 6.75. The summed E-state index contributed by atoms with van der Waals surface area (Å²) in [6.07, 6.45) is 2.66. The zero-order valence-electron chi connectivity index (χ0n) is 15.5. The summed E-state index contributed by atoms with van der Waals surface area (Å²) in [6.45, 7) is 4.89. The van der Waals surface area contributed by atoms with Crippen molar-refractivity contribution in [2.24, 2.45) is 0 Å². The molecule has 1 saturated heterocycles. The molecule has 0 bridgehead atoms. The van der Waals surface area contributed by atoms with Crippen molar-refractivity contribution in [3.63, 3.8) is 0 Å². The lowest BCUT2D eigenvalue weighted by Crippen LogP contribution is -2.24. The molecule has 27 heavy (non-hydrogen) atoms. The van der Waals surface area contributed by atoms with E-state index in [1.165, 1.54) is 5.56 Å². The van der Waals surface area contributed by atoms with E-state index in [1.54, 1.807) is 0 Å². The van der Waals surface area contributed by atoms with Crippen molar-refractivity contribution in [3.05, 3.63) is 52.8 Å². The molecule has 3 heterocycles. The molecule has 2 aromatic heterocycles. The quantitative estimate of drug-likeness (QED) is 0.745. The number of carbonyl (C=O) groups excluding carboxylic acids is 1. The molecule has 0 radical (unpaired) electrons. The zero-order valence-corrected chi connectivity index (χ0v) is 15.5. The number of aryl methyl sites for hydroxylation is 2. The Hall–Kier alpha value is -2.80. The number of hydrogen-bond donors (Lipinski definition) is 1. The number of hydrogen-bond acceptors (Lipinski definition) is 6. The first-order valence-electron chi connectivity index (χ1n) is 9.26. The Balaban J connectivity index is 1.52. The first kappa shape index (κ1) is 17.6. The Morgan fingerprint density at radius 2 is 2.19 bits per heavy atom. The highest BCUT2D eigenvalue weighted by molar-refractivity contribution is 6.06. The predicted molar refractivity (Wildman–Crippen MR) is 99.3 cm³/mol. The number of nitrogens with one attached hydrogen (secondary N) is 1. The smallest absolute Gasteiger partial charge is 0.255 e. The Morgan fingerprint density at radius 3 is 2.96 bits per heavy atom. The van der Waals surface area contributed by atoms with Gasteiger partial charge >= 0.3 is 0 Å². The molecule has 1 N–H and O–H groups in total. The highest BCUT2D eigenvalue weighted by Gasteiger charge is 2.24. The average Bonchev–Trinajstić information content (AvgIpc) is 3.36. The fourth-order valence-electron chi connectivity index (χ4n) is 3.31. The summed E-state index contributed by atoms with van der Waals surface area (Å²) >= 11 is 0. The molecule has 1 aliphatic rings. The van der Waals surface area contributed by atoms with Crippen molar-refractivity contribution in [2.75, 3.05) is 6.61 Å². The van der Waals surface area contributed by atoms with Crippen LogP contribution in [0.5, 0.6) is 0 Å². The van der Waals surface area contributed by atoms with E-state index in [2.05, 4.69) is 27.4 Å². The van der Waals surface area contributed by atoms with Gasteiger partial charge in [-0.1, -0.05) is 18.1 Å². The number of ether oxygens (including phenoxy) is 1. The molecule has 1 amide bonds. The van der Waals surface area contributed by atoms with E-state index in [9.17, 15) is 4.79 Å². The number of rotatable bonds is 5. The van der Waals surface area contributed by atoms with Gasteiger partial charge in [0.25, 0.3) is 11.8 Å². The molecule has 1 atom stereocenters. The first-order chi connectivity index (χ1) is 13.1. The molecule has 1 aliphatic heterocycles. The lowest BCUT2D eigenvalue weighted by molar-refractivity contribution is 0.0835. The summed E-state index contributed by atoms with van der Waals surface area (Å²) in [4.78, 5) is 21.7. The van der Waals surface area contributed by atoms with Gasteiger partial charge in [0.1, 0.15) is 6.10 Å². The van der Waals surface area contributed by atoms with E-state index in [1.807, 2.05) is 31.2 Å². The zero-order chi connectivity index (χ0) is 18.8. The largest absolute Gasteiger partial charge is 0.368 e. The highest BCUT2D eigenvalue weighted by atomic mass is 16.5. The van der Waals surface area contributed by atoms with E-state index in [4.69, 9.17) is 9.26 Å². The average molecular weight is 366 g/mol. The Kier molecular flexibility index (Phi) is 4.85. The molecule has 3 aromatic rings. The van der Waals surface area contributed by atoms with Crippen LogP contribution < -0.4 is 5.32 Å². The maximum Gasteiger partial charge on any atom is 0.255 e. The van der Waals surface area contributed by atoms with Gasteiger partial charge in [-0.05, 0) is 49.9 Å². The lowest BCUT2D eigenvalue weighted by atomic mass is 10.0. The van der Waals surface area contributed by atoms with Crippen molar-refractivity contribution in [3.8, 4) is 0 Å². The van der Waals surface area contributed by atoms with Crippen LogP contribution in [0.3, 0.4) is 0 Å². The first-order valence-corrected chi connectivity index (χ1v) is 9.26. The maximum absolute atomic E-state index is 12.8. The van der Waals surface area contributed by atoms with Crippen LogP contribution in [0, 0.1) is 6.92 Å². The third kappa shape index (κ3) is 3.68. The minimum atomic E-state index is -0.179. The van der Waals surface area contributed by atoms with Gasteiger partial charge in [-0.2, -0.15) is 4.98 Å². The third-order valence-electron chi connectivity index (χ3n) is 4.75. The number of fused-ring (bicyclic) bond motifs is 1. The van der Waals surface area contributed by atoms with Crippen molar-refractivity contribution in [2.45, 2.75) is 45.8 Å². The molecular formula is C20H22N4O3. The topological polar surface area (TPSA) is 90.1 Å². The van der Waals surface area contributed by atoms with Crippen LogP contribution in [-0.2, 0) is 17.7 Å². The number of aromatic nitrogens is 3. The van der Waals surface area contributed by atoms with Crippen LogP contribution in [0.4, 0.5) is 0 Å². The number of carbonyl (C=O) groups is 1. The normalized spacial score (nSPS) is 16.7. The Morgan fingerprint density at radius 1 is 1.30 bits per heavy atom. The molecule has 7 heteroatoms. The Bertz CT molecular complexity index is 977. The van der Waals surface area contributed by atoms with Gasteiger partial charge in [-0.25, -0.2) is 0 Å². The molecule has 1 fully saturated rings. The van der Waals surface area contributed by atoms with Gasteiger partial charge in [0, 0.05) is 17.7 Å². The van der Waals surface area contributed by atoms with Crippen LogP contribution in [-0.4, -0.2) is 27.6 Å². The van der Waals surface area contributed by atoms with Gasteiger partial charge < -0.3 is 14.6 Å².